The van der Waals surface area contributed by atoms with Gasteiger partial charge in [-0.1, -0.05) is 59.6 Å². The van der Waals surface area contributed by atoms with Crippen molar-refractivity contribution in [3.05, 3.63) is 111 Å². The maximum atomic E-state index is 13.2. The number of rotatable bonds is 6. The average Bonchev–Trinajstić information content (AvgIpc) is 2.85. The molecule has 0 unspecified atom stereocenters. The van der Waals surface area contributed by atoms with Crippen molar-refractivity contribution < 1.29 is 13.9 Å². The van der Waals surface area contributed by atoms with Gasteiger partial charge in [0.2, 0.25) is 0 Å². The van der Waals surface area contributed by atoms with Crippen molar-refractivity contribution in [3.8, 4) is 11.8 Å². The van der Waals surface area contributed by atoms with Crippen molar-refractivity contribution in [2.75, 3.05) is 5.32 Å². The van der Waals surface area contributed by atoms with Gasteiger partial charge in [0.25, 0.3) is 5.91 Å². The maximum Gasteiger partial charge on any atom is 0.266 e. The van der Waals surface area contributed by atoms with E-state index in [-0.39, 0.29) is 12.2 Å². The number of ether oxygens (including phenoxy) is 1. The van der Waals surface area contributed by atoms with Gasteiger partial charge in [-0.2, -0.15) is 5.26 Å². The summed E-state index contributed by atoms with van der Waals surface area (Å²) in [5.41, 5.74) is 1.65. The zero-order valence-corrected chi connectivity index (χ0v) is 19.2. The van der Waals surface area contributed by atoms with Crippen LogP contribution < -0.4 is 10.1 Å². The molecule has 4 aromatic carbocycles. The molecular formula is C27H17Cl2FN2O2. The third-order valence-corrected chi connectivity index (χ3v) is 5.80. The second-order valence-electron chi connectivity index (χ2n) is 7.37. The number of nitrogens with one attached hydrogen (secondary N) is 1. The second kappa shape index (κ2) is 10.4. The first-order valence-corrected chi connectivity index (χ1v) is 11.0. The summed E-state index contributed by atoms with van der Waals surface area (Å²) in [6.07, 6.45) is 1.49. The molecule has 0 bridgehead atoms. The van der Waals surface area contributed by atoms with E-state index in [0.717, 1.165) is 16.3 Å². The van der Waals surface area contributed by atoms with E-state index in [0.29, 0.717) is 27.0 Å². The van der Waals surface area contributed by atoms with E-state index in [9.17, 15) is 14.4 Å². The predicted octanol–water partition coefficient (Wildman–Crippen LogP) is 7.41. The van der Waals surface area contributed by atoms with Gasteiger partial charge in [0.05, 0.1) is 10.0 Å². The number of halogens is 3. The molecule has 0 atom stereocenters. The minimum Gasteiger partial charge on any atom is -0.488 e. The molecule has 4 rings (SSSR count). The summed E-state index contributed by atoms with van der Waals surface area (Å²) in [5, 5.41) is 14.9. The van der Waals surface area contributed by atoms with E-state index < -0.39 is 11.7 Å². The Morgan fingerprint density at radius 3 is 2.50 bits per heavy atom. The molecule has 4 aromatic rings. The lowest BCUT2D eigenvalue weighted by Crippen LogP contribution is -2.13. The number of nitriles is 1. The van der Waals surface area contributed by atoms with Gasteiger partial charge in [-0.3, -0.25) is 4.79 Å². The lowest BCUT2D eigenvalue weighted by atomic mass is 10.0. The fourth-order valence-corrected chi connectivity index (χ4v) is 3.69. The number of anilines is 1. The quantitative estimate of drug-likeness (QED) is 0.226. The third-order valence-electron chi connectivity index (χ3n) is 5.06. The van der Waals surface area contributed by atoms with Crippen LogP contribution in [0.25, 0.3) is 16.8 Å². The van der Waals surface area contributed by atoms with Gasteiger partial charge in [-0.15, -0.1) is 0 Å². The van der Waals surface area contributed by atoms with Crippen molar-refractivity contribution >= 4 is 51.6 Å². The fraction of sp³-hybridized carbons (Fsp3) is 0.0370. The molecule has 1 N–H and O–H groups in total. The molecule has 168 valence electrons. The Hall–Kier alpha value is -3.85. The molecule has 34 heavy (non-hydrogen) atoms. The van der Waals surface area contributed by atoms with Crippen LogP contribution in [0.15, 0.2) is 84.4 Å². The van der Waals surface area contributed by atoms with Crippen LogP contribution in [0, 0.1) is 17.1 Å². The molecule has 0 aliphatic heterocycles. The summed E-state index contributed by atoms with van der Waals surface area (Å²) in [4.78, 5) is 12.8. The second-order valence-corrected chi connectivity index (χ2v) is 8.18. The highest BCUT2D eigenvalue weighted by molar-refractivity contribution is 6.42. The SMILES string of the molecule is N#C/C(=C\c1c(OCc2ccc(Cl)c(Cl)c2)ccc2ccccc12)C(=O)Nc1ccc(F)cc1. The van der Waals surface area contributed by atoms with Crippen molar-refractivity contribution in [2.45, 2.75) is 6.61 Å². The predicted molar refractivity (Wildman–Crippen MR) is 133 cm³/mol. The van der Waals surface area contributed by atoms with Crippen LogP contribution in [0.2, 0.25) is 10.0 Å². The Bertz CT molecular complexity index is 1440. The summed E-state index contributed by atoms with van der Waals surface area (Å²) in [5.74, 6) is -0.543. The number of carbonyl (C=O) groups is 1. The average molecular weight is 491 g/mol. The van der Waals surface area contributed by atoms with Crippen LogP contribution in [-0.4, -0.2) is 5.91 Å². The van der Waals surface area contributed by atoms with Gasteiger partial charge in [-0.25, -0.2) is 4.39 Å². The van der Waals surface area contributed by atoms with Gasteiger partial charge in [-0.05, 0) is 64.9 Å². The Labute approximate surface area is 205 Å². The maximum absolute atomic E-state index is 13.2. The first-order chi connectivity index (χ1) is 16.4. The number of hydrogen-bond donors (Lipinski definition) is 1. The van der Waals surface area contributed by atoms with E-state index >= 15 is 0 Å². The molecule has 0 heterocycles. The highest BCUT2D eigenvalue weighted by atomic mass is 35.5. The Kier molecular flexibility index (Phi) is 7.12. The van der Waals surface area contributed by atoms with Crippen LogP contribution in [0.1, 0.15) is 11.1 Å². The number of fused-ring (bicyclic) bond motifs is 1. The lowest BCUT2D eigenvalue weighted by Gasteiger charge is -2.13. The first kappa shape index (κ1) is 23.3. The molecule has 0 radical (unpaired) electrons. The lowest BCUT2D eigenvalue weighted by molar-refractivity contribution is -0.112. The summed E-state index contributed by atoms with van der Waals surface area (Å²) in [7, 11) is 0. The van der Waals surface area contributed by atoms with E-state index in [1.807, 2.05) is 42.5 Å². The normalized spacial score (nSPS) is 11.2. The standard InChI is InChI=1S/C27H17Cl2FN2O2/c28-24-11-5-17(13-25(24)29)16-34-26-12-6-18-3-1-2-4-22(18)23(26)14-19(15-31)27(33)32-21-9-7-20(30)8-10-21/h1-14H,16H2,(H,32,33)/b19-14+. The molecule has 0 spiro atoms. The number of hydrogen-bond acceptors (Lipinski definition) is 3. The van der Waals surface area contributed by atoms with Gasteiger partial charge in [0, 0.05) is 11.3 Å². The van der Waals surface area contributed by atoms with E-state index in [4.69, 9.17) is 27.9 Å². The molecule has 0 saturated heterocycles. The molecule has 0 aliphatic rings. The van der Waals surface area contributed by atoms with Crippen molar-refractivity contribution in [1.82, 2.24) is 0 Å². The van der Waals surface area contributed by atoms with Gasteiger partial charge in [0.1, 0.15) is 29.8 Å². The van der Waals surface area contributed by atoms with E-state index in [2.05, 4.69) is 5.32 Å². The topological polar surface area (TPSA) is 62.1 Å². The first-order valence-electron chi connectivity index (χ1n) is 10.2. The van der Waals surface area contributed by atoms with Crippen molar-refractivity contribution in [2.24, 2.45) is 0 Å². The van der Waals surface area contributed by atoms with Crippen LogP contribution in [-0.2, 0) is 11.4 Å². The summed E-state index contributed by atoms with van der Waals surface area (Å²) in [6.45, 7) is 0.208. The fourth-order valence-electron chi connectivity index (χ4n) is 3.37. The highest BCUT2D eigenvalue weighted by Crippen LogP contribution is 2.32. The van der Waals surface area contributed by atoms with Gasteiger partial charge in [0.15, 0.2) is 0 Å². The molecular weight excluding hydrogens is 474 g/mol. The largest absolute Gasteiger partial charge is 0.488 e. The third kappa shape index (κ3) is 5.37. The molecule has 1 amide bonds. The zero-order valence-electron chi connectivity index (χ0n) is 17.7. The van der Waals surface area contributed by atoms with Crippen LogP contribution in [0.4, 0.5) is 10.1 Å². The smallest absolute Gasteiger partial charge is 0.266 e. The number of nitrogens with zero attached hydrogens (tertiary/aromatic N) is 1. The van der Waals surface area contributed by atoms with Gasteiger partial charge >= 0.3 is 0 Å². The molecule has 0 saturated carbocycles. The Balaban J connectivity index is 1.69. The molecule has 0 aromatic heterocycles. The Morgan fingerprint density at radius 2 is 1.76 bits per heavy atom. The van der Waals surface area contributed by atoms with Crippen LogP contribution in [0.3, 0.4) is 0 Å². The summed E-state index contributed by atoms with van der Waals surface area (Å²) in [6, 6.07) is 23.8. The number of benzene rings is 4. The van der Waals surface area contributed by atoms with E-state index in [1.54, 1.807) is 18.2 Å². The number of amides is 1. The number of carbonyl (C=O) groups excluding carboxylic acids is 1. The summed E-state index contributed by atoms with van der Waals surface area (Å²) >= 11 is 12.1. The summed E-state index contributed by atoms with van der Waals surface area (Å²) < 4.78 is 19.2. The highest BCUT2D eigenvalue weighted by Gasteiger charge is 2.14. The molecule has 7 heteroatoms. The zero-order chi connectivity index (χ0) is 24.1. The minimum atomic E-state index is -0.613. The minimum absolute atomic E-state index is 0.125. The van der Waals surface area contributed by atoms with Crippen LogP contribution in [0.5, 0.6) is 5.75 Å². The van der Waals surface area contributed by atoms with Crippen molar-refractivity contribution in [1.29, 1.82) is 5.26 Å². The molecule has 0 aliphatic carbocycles. The van der Waals surface area contributed by atoms with Gasteiger partial charge < -0.3 is 10.1 Å². The van der Waals surface area contributed by atoms with Crippen LogP contribution >= 0.6 is 23.2 Å². The van der Waals surface area contributed by atoms with Crippen molar-refractivity contribution in [3.63, 3.8) is 0 Å². The molecule has 4 nitrogen and oxygen atoms in total. The monoisotopic (exact) mass is 490 g/mol. The van der Waals surface area contributed by atoms with E-state index in [1.165, 1.54) is 30.3 Å². The Morgan fingerprint density at radius 1 is 1.00 bits per heavy atom. The molecule has 0 fully saturated rings.